The van der Waals surface area contributed by atoms with Crippen molar-refractivity contribution in [2.75, 3.05) is 25.0 Å². The molecule has 3 rings (SSSR count). The van der Waals surface area contributed by atoms with Gasteiger partial charge in [-0.2, -0.15) is 0 Å². The summed E-state index contributed by atoms with van der Waals surface area (Å²) >= 11 is 0. The van der Waals surface area contributed by atoms with Crippen LogP contribution in [-0.2, 0) is 4.74 Å². The van der Waals surface area contributed by atoms with Crippen LogP contribution in [0.15, 0.2) is 12.4 Å². The van der Waals surface area contributed by atoms with E-state index in [-0.39, 0.29) is 24.1 Å². The molecule has 1 aliphatic carbocycles. The smallest absolute Gasteiger partial charge is 0.409 e. The van der Waals surface area contributed by atoms with Crippen molar-refractivity contribution in [1.29, 1.82) is 0 Å². The largest absolute Gasteiger partial charge is 0.450 e. The first-order chi connectivity index (χ1) is 13.2. The van der Waals surface area contributed by atoms with Crippen LogP contribution in [0.5, 0.6) is 0 Å². The van der Waals surface area contributed by atoms with Crippen molar-refractivity contribution in [3.63, 3.8) is 0 Å². The van der Waals surface area contributed by atoms with E-state index in [1.54, 1.807) is 17.3 Å². The molecule has 0 spiro atoms. The maximum Gasteiger partial charge on any atom is 0.409 e. The van der Waals surface area contributed by atoms with Crippen LogP contribution in [0.4, 0.5) is 10.7 Å². The Labute approximate surface area is 160 Å². The summed E-state index contributed by atoms with van der Waals surface area (Å²) in [6.07, 6.45) is 10.2. The van der Waals surface area contributed by atoms with E-state index < -0.39 is 0 Å². The molecule has 27 heavy (non-hydrogen) atoms. The molecule has 2 aliphatic rings. The Bertz CT molecular complexity index is 623. The van der Waals surface area contributed by atoms with Crippen LogP contribution in [0.3, 0.4) is 0 Å². The molecule has 1 aromatic rings. The number of hydrogen-bond acceptors (Lipinski definition) is 6. The van der Waals surface area contributed by atoms with Gasteiger partial charge in [0.2, 0.25) is 5.95 Å². The minimum absolute atomic E-state index is 0.101. The molecule has 1 aliphatic heterocycles. The summed E-state index contributed by atoms with van der Waals surface area (Å²) in [7, 11) is 0. The molecule has 148 valence electrons. The number of hydrogen-bond donors (Lipinski definition) is 2. The third-order valence-electron chi connectivity index (χ3n) is 5.21. The lowest BCUT2D eigenvalue weighted by Gasteiger charge is -2.31. The fourth-order valence-corrected chi connectivity index (χ4v) is 3.64. The Kier molecular flexibility index (Phi) is 6.84. The van der Waals surface area contributed by atoms with E-state index in [1.807, 2.05) is 6.92 Å². The molecule has 8 nitrogen and oxygen atoms in total. The molecule has 1 saturated carbocycles. The molecular formula is C19H29N5O3. The number of anilines is 1. The molecule has 2 heterocycles. The summed E-state index contributed by atoms with van der Waals surface area (Å²) in [4.78, 5) is 34.3. The standard InChI is InChI=1S/C19H29N5O3/c1-2-27-19(26)24-10-8-16(9-11-24)23-18-20-12-14(13-21-18)17(25)22-15-6-4-3-5-7-15/h12-13,15-16H,2-11H2,1H3,(H,22,25)(H,20,21,23). The van der Waals surface area contributed by atoms with Crippen molar-refractivity contribution in [3.8, 4) is 0 Å². The van der Waals surface area contributed by atoms with Gasteiger partial charge in [0.05, 0.1) is 12.2 Å². The van der Waals surface area contributed by atoms with Crippen LogP contribution >= 0.6 is 0 Å². The number of amides is 2. The first-order valence-corrected chi connectivity index (χ1v) is 9.97. The number of ether oxygens (including phenoxy) is 1. The van der Waals surface area contributed by atoms with Gasteiger partial charge >= 0.3 is 6.09 Å². The summed E-state index contributed by atoms with van der Waals surface area (Å²) in [5, 5.41) is 6.36. The Morgan fingerprint density at radius 1 is 1.07 bits per heavy atom. The van der Waals surface area contributed by atoms with Gasteiger partial charge < -0.3 is 20.3 Å². The predicted molar refractivity (Wildman–Crippen MR) is 102 cm³/mol. The SMILES string of the molecule is CCOC(=O)N1CCC(Nc2ncc(C(=O)NC3CCCCC3)cn2)CC1. The van der Waals surface area contributed by atoms with Crippen LogP contribution in [0.1, 0.15) is 62.2 Å². The highest BCUT2D eigenvalue weighted by Crippen LogP contribution is 2.18. The van der Waals surface area contributed by atoms with Crippen LogP contribution in [-0.4, -0.2) is 58.6 Å². The lowest BCUT2D eigenvalue weighted by atomic mass is 9.95. The number of nitrogens with one attached hydrogen (secondary N) is 2. The molecular weight excluding hydrogens is 346 g/mol. The van der Waals surface area contributed by atoms with Gasteiger partial charge in [-0.15, -0.1) is 0 Å². The fourth-order valence-electron chi connectivity index (χ4n) is 3.64. The number of carbonyl (C=O) groups is 2. The second kappa shape index (κ2) is 9.53. The Morgan fingerprint density at radius 3 is 2.37 bits per heavy atom. The van der Waals surface area contributed by atoms with E-state index in [2.05, 4.69) is 20.6 Å². The molecule has 1 saturated heterocycles. The molecule has 1 aromatic heterocycles. The maximum atomic E-state index is 12.3. The topological polar surface area (TPSA) is 96.5 Å². The van der Waals surface area contributed by atoms with Crippen LogP contribution in [0.25, 0.3) is 0 Å². The van der Waals surface area contributed by atoms with Crippen molar-refractivity contribution in [3.05, 3.63) is 18.0 Å². The second-order valence-electron chi connectivity index (χ2n) is 7.21. The molecule has 2 fully saturated rings. The first kappa shape index (κ1) is 19.4. The van der Waals surface area contributed by atoms with E-state index >= 15 is 0 Å². The molecule has 8 heteroatoms. The average molecular weight is 375 g/mol. The number of carbonyl (C=O) groups excluding carboxylic acids is 2. The number of rotatable bonds is 5. The Balaban J connectivity index is 1.45. The monoisotopic (exact) mass is 375 g/mol. The highest BCUT2D eigenvalue weighted by molar-refractivity contribution is 5.93. The fraction of sp³-hybridized carbons (Fsp3) is 0.684. The minimum Gasteiger partial charge on any atom is -0.450 e. The van der Waals surface area contributed by atoms with E-state index in [9.17, 15) is 9.59 Å². The molecule has 0 radical (unpaired) electrons. The normalized spacial score (nSPS) is 18.8. The van der Waals surface area contributed by atoms with Gasteiger partial charge in [0.25, 0.3) is 5.91 Å². The van der Waals surface area contributed by atoms with Crippen molar-refractivity contribution in [1.82, 2.24) is 20.2 Å². The first-order valence-electron chi connectivity index (χ1n) is 9.97. The van der Waals surface area contributed by atoms with E-state index in [0.29, 0.717) is 31.2 Å². The van der Waals surface area contributed by atoms with Gasteiger partial charge in [-0.25, -0.2) is 14.8 Å². The lowest BCUT2D eigenvalue weighted by Crippen LogP contribution is -2.42. The molecule has 0 aromatic carbocycles. The van der Waals surface area contributed by atoms with Gasteiger partial charge in [-0.05, 0) is 32.6 Å². The van der Waals surface area contributed by atoms with E-state index in [1.165, 1.54) is 19.3 Å². The third-order valence-corrected chi connectivity index (χ3v) is 5.21. The summed E-state index contributed by atoms with van der Waals surface area (Å²) in [5.74, 6) is 0.412. The van der Waals surface area contributed by atoms with E-state index in [4.69, 9.17) is 4.74 Å². The van der Waals surface area contributed by atoms with Crippen molar-refractivity contribution < 1.29 is 14.3 Å². The lowest BCUT2D eigenvalue weighted by molar-refractivity contribution is 0.0926. The van der Waals surface area contributed by atoms with Crippen LogP contribution < -0.4 is 10.6 Å². The molecule has 0 unspecified atom stereocenters. The number of piperidine rings is 1. The van der Waals surface area contributed by atoms with Crippen molar-refractivity contribution in [2.24, 2.45) is 0 Å². The highest BCUT2D eigenvalue weighted by atomic mass is 16.6. The third kappa shape index (κ3) is 5.55. The quantitative estimate of drug-likeness (QED) is 0.821. The maximum absolute atomic E-state index is 12.3. The van der Waals surface area contributed by atoms with Gasteiger partial charge in [0.1, 0.15) is 0 Å². The van der Waals surface area contributed by atoms with Crippen LogP contribution in [0, 0.1) is 0 Å². The zero-order chi connectivity index (χ0) is 19.1. The number of nitrogens with zero attached hydrogens (tertiary/aromatic N) is 3. The molecule has 2 amide bonds. The molecule has 2 N–H and O–H groups in total. The Hall–Kier alpha value is -2.38. The second-order valence-corrected chi connectivity index (χ2v) is 7.21. The van der Waals surface area contributed by atoms with Gasteiger partial charge in [0, 0.05) is 37.6 Å². The number of likely N-dealkylation sites (tertiary alicyclic amines) is 1. The summed E-state index contributed by atoms with van der Waals surface area (Å²) in [6.45, 7) is 3.50. The van der Waals surface area contributed by atoms with Crippen molar-refractivity contribution in [2.45, 2.75) is 64.0 Å². The predicted octanol–water partition coefficient (Wildman–Crippen LogP) is 2.57. The number of aromatic nitrogens is 2. The molecule has 0 bridgehead atoms. The van der Waals surface area contributed by atoms with Crippen LogP contribution in [0.2, 0.25) is 0 Å². The summed E-state index contributed by atoms with van der Waals surface area (Å²) in [6, 6.07) is 0.478. The summed E-state index contributed by atoms with van der Waals surface area (Å²) < 4.78 is 5.03. The zero-order valence-corrected chi connectivity index (χ0v) is 15.9. The Morgan fingerprint density at radius 2 is 1.74 bits per heavy atom. The summed E-state index contributed by atoms with van der Waals surface area (Å²) in [5.41, 5.74) is 0.489. The highest BCUT2D eigenvalue weighted by Gasteiger charge is 2.24. The van der Waals surface area contributed by atoms with Crippen molar-refractivity contribution >= 4 is 17.9 Å². The zero-order valence-electron chi connectivity index (χ0n) is 15.9. The van der Waals surface area contributed by atoms with Gasteiger partial charge in [-0.3, -0.25) is 4.79 Å². The van der Waals surface area contributed by atoms with Gasteiger partial charge in [-0.1, -0.05) is 19.3 Å². The molecule has 0 atom stereocenters. The minimum atomic E-state index is -0.250. The van der Waals surface area contributed by atoms with E-state index in [0.717, 1.165) is 25.7 Å². The van der Waals surface area contributed by atoms with Gasteiger partial charge in [0.15, 0.2) is 0 Å². The average Bonchev–Trinajstić information content (AvgIpc) is 2.70.